The highest BCUT2D eigenvalue weighted by Gasteiger charge is 2.11. The summed E-state index contributed by atoms with van der Waals surface area (Å²) in [5, 5.41) is 14.8. The number of nitriles is 1. The molecule has 0 bridgehead atoms. The molecule has 0 aliphatic heterocycles. The van der Waals surface area contributed by atoms with E-state index in [-0.39, 0.29) is 16.4 Å². The van der Waals surface area contributed by atoms with Gasteiger partial charge in [-0.25, -0.2) is 0 Å². The average molecular weight is 355 g/mol. The summed E-state index contributed by atoms with van der Waals surface area (Å²) in [4.78, 5) is 23.6. The van der Waals surface area contributed by atoms with Gasteiger partial charge in [0, 0.05) is 23.1 Å². The van der Waals surface area contributed by atoms with E-state index in [2.05, 4.69) is 10.6 Å². The molecule has 6 nitrogen and oxygen atoms in total. The SMILES string of the molecule is CC(=O)c1cccc(N/C=C(/C#N)C(=O)Nc2ccc(N)cc2Cl)c1. The third-order valence-electron chi connectivity index (χ3n) is 3.26. The molecule has 0 saturated heterocycles. The number of amides is 1. The van der Waals surface area contributed by atoms with Gasteiger partial charge in [0.15, 0.2) is 5.78 Å². The van der Waals surface area contributed by atoms with E-state index in [1.165, 1.54) is 19.2 Å². The molecular weight excluding hydrogens is 340 g/mol. The zero-order valence-electron chi connectivity index (χ0n) is 13.3. The van der Waals surface area contributed by atoms with Crippen molar-refractivity contribution in [2.45, 2.75) is 6.92 Å². The lowest BCUT2D eigenvalue weighted by atomic mass is 10.1. The Kier molecular flexibility index (Phi) is 5.77. The van der Waals surface area contributed by atoms with Crippen molar-refractivity contribution >= 4 is 40.4 Å². The van der Waals surface area contributed by atoms with Gasteiger partial charge in [-0.15, -0.1) is 0 Å². The Hall–Kier alpha value is -3.30. The predicted molar refractivity (Wildman–Crippen MR) is 98.3 cm³/mol. The lowest BCUT2D eigenvalue weighted by Crippen LogP contribution is -2.15. The number of anilines is 3. The molecule has 0 aliphatic carbocycles. The number of hydrogen-bond donors (Lipinski definition) is 3. The fourth-order valence-corrected chi connectivity index (χ4v) is 2.19. The molecule has 0 unspecified atom stereocenters. The van der Waals surface area contributed by atoms with Gasteiger partial charge in [-0.05, 0) is 37.3 Å². The molecule has 2 aromatic rings. The molecule has 0 heterocycles. The van der Waals surface area contributed by atoms with Crippen LogP contribution >= 0.6 is 11.6 Å². The largest absolute Gasteiger partial charge is 0.399 e. The molecule has 25 heavy (non-hydrogen) atoms. The van der Waals surface area contributed by atoms with Crippen LogP contribution in [0.5, 0.6) is 0 Å². The minimum absolute atomic E-state index is 0.0797. The number of nitrogens with one attached hydrogen (secondary N) is 2. The van der Waals surface area contributed by atoms with Gasteiger partial charge in [0.1, 0.15) is 11.6 Å². The highest BCUT2D eigenvalue weighted by Crippen LogP contribution is 2.24. The van der Waals surface area contributed by atoms with Crippen LogP contribution in [0.2, 0.25) is 5.02 Å². The minimum Gasteiger partial charge on any atom is -0.399 e. The molecule has 0 fully saturated rings. The molecule has 0 atom stereocenters. The summed E-state index contributed by atoms with van der Waals surface area (Å²) in [7, 11) is 0. The maximum Gasteiger partial charge on any atom is 0.267 e. The van der Waals surface area contributed by atoms with Crippen LogP contribution in [-0.4, -0.2) is 11.7 Å². The third-order valence-corrected chi connectivity index (χ3v) is 3.57. The summed E-state index contributed by atoms with van der Waals surface area (Å²) in [6, 6.07) is 13.2. The highest BCUT2D eigenvalue weighted by molar-refractivity contribution is 6.34. The first-order valence-corrected chi connectivity index (χ1v) is 7.62. The van der Waals surface area contributed by atoms with Crippen LogP contribution in [0.15, 0.2) is 54.2 Å². The van der Waals surface area contributed by atoms with Gasteiger partial charge < -0.3 is 16.4 Å². The fraction of sp³-hybridized carbons (Fsp3) is 0.0556. The molecule has 0 radical (unpaired) electrons. The zero-order chi connectivity index (χ0) is 18.4. The Morgan fingerprint density at radius 2 is 2.00 bits per heavy atom. The van der Waals surface area contributed by atoms with E-state index in [0.717, 1.165) is 0 Å². The second-order valence-corrected chi connectivity index (χ2v) is 5.55. The summed E-state index contributed by atoms with van der Waals surface area (Å²) < 4.78 is 0. The summed E-state index contributed by atoms with van der Waals surface area (Å²) in [5.74, 6) is -0.701. The Morgan fingerprint density at radius 1 is 1.24 bits per heavy atom. The first-order valence-electron chi connectivity index (χ1n) is 7.25. The number of benzene rings is 2. The Morgan fingerprint density at radius 3 is 2.64 bits per heavy atom. The molecule has 0 aliphatic rings. The second kappa shape index (κ2) is 7.99. The van der Waals surface area contributed by atoms with Crippen LogP contribution in [-0.2, 0) is 4.79 Å². The Balaban J connectivity index is 2.14. The van der Waals surface area contributed by atoms with Crippen molar-refractivity contribution in [3.8, 4) is 6.07 Å². The Labute approximate surface area is 149 Å². The molecule has 0 spiro atoms. The summed E-state index contributed by atoms with van der Waals surface area (Å²) >= 11 is 6.00. The van der Waals surface area contributed by atoms with Gasteiger partial charge in [0.25, 0.3) is 5.91 Å². The molecule has 126 valence electrons. The van der Waals surface area contributed by atoms with Crippen molar-refractivity contribution in [1.82, 2.24) is 0 Å². The van der Waals surface area contributed by atoms with Gasteiger partial charge in [-0.2, -0.15) is 5.26 Å². The van der Waals surface area contributed by atoms with Crippen LogP contribution in [0.25, 0.3) is 0 Å². The Bertz CT molecular complexity index is 900. The summed E-state index contributed by atoms with van der Waals surface area (Å²) in [6.45, 7) is 1.46. The van der Waals surface area contributed by atoms with Crippen LogP contribution in [0.3, 0.4) is 0 Å². The van der Waals surface area contributed by atoms with Crippen LogP contribution in [0, 0.1) is 11.3 Å². The maximum absolute atomic E-state index is 12.2. The highest BCUT2D eigenvalue weighted by atomic mass is 35.5. The topological polar surface area (TPSA) is 108 Å². The lowest BCUT2D eigenvalue weighted by molar-refractivity contribution is -0.112. The molecule has 2 aromatic carbocycles. The van der Waals surface area contributed by atoms with Crippen LogP contribution in [0.1, 0.15) is 17.3 Å². The van der Waals surface area contributed by atoms with Crippen LogP contribution in [0.4, 0.5) is 17.1 Å². The monoisotopic (exact) mass is 354 g/mol. The van der Waals surface area contributed by atoms with E-state index in [0.29, 0.717) is 22.6 Å². The van der Waals surface area contributed by atoms with E-state index in [1.807, 2.05) is 6.07 Å². The van der Waals surface area contributed by atoms with Crippen molar-refractivity contribution in [3.05, 3.63) is 64.8 Å². The molecule has 2 rings (SSSR count). The predicted octanol–water partition coefficient (Wildman–Crippen LogP) is 3.58. The van der Waals surface area contributed by atoms with E-state index < -0.39 is 5.91 Å². The first-order chi connectivity index (χ1) is 11.9. The number of carbonyl (C=O) groups excluding carboxylic acids is 2. The summed E-state index contributed by atoms with van der Waals surface area (Å²) in [5.41, 5.74) is 7.36. The van der Waals surface area contributed by atoms with Crippen LogP contribution < -0.4 is 16.4 Å². The molecule has 0 aromatic heterocycles. The molecular formula is C18H15ClN4O2. The van der Waals surface area contributed by atoms with Crippen molar-refractivity contribution in [2.24, 2.45) is 0 Å². The number of rotatable bonds is 5. The average Bonchev–Trinajstić information content (AvgIpc) is 2.58. The lowest BCUT2D eigenvalue weighted by Gasteiger charge is -2.08. The second-order valence-electron chi connectivity index (χ2n) is 5.14. The van der Waals surface area contributed by atoms with Gasteiger partial charge in [0.05, 0.1) is 10.7 Å². The van der Waals surface area contributed by atoms with Gasteiger partial charge in [-0.3, -0.25) is 9.59 Å². The number of nitrogen functional groups attached to an aromatic ring is 1. The third kappa shape index (κ3) is 4.83. The standard InChI is InChI=1S/C18H15ClN4O2/c1-11(24)12-3-2-4-15(7-12)22-10-13(9-20)18(25)23-17-6-5-14(21)8-16(17)19/h2-8,10,22H,21H2,1H3,(H,23,25)/b13-10-. The van der Waals surface area contributed by atoms with Gasteiger partial charge in [-0.1, -0.05) is 23.7 Å². The number of ketones is 1. The molecule has 1 amide bonds. The van der Waals surface area contributed by atoms with Crippen molar-refractivity contribution in [1.29, 1.82) is 5.26 Å². The van der Waals surface area contributed by atoms with E-state index in [9.17, 15) is 14.9 Å². The quantitative estimate of drug-likeness (QED) is 0.329. The number of nitrogens with zero attached hydrogens (tertiary/aromatic N) is 1. The smallest absolute Gasteiger partial charge is 0.267 e. The van der Waals surface area contributed by atoms with E-state index in [4.69, 9.17) is 17.3 Å². The fourth-order valence-electron chi connectivity index (χ4n) is 1.95. The van der Waals surface area contributed by atoms with Gasteiger partial charge in [0.2, 0.25) is 0 Å². The van der Waals surface area contributed by atoms with Gasteiger partial charge >= 0.3 is 0 Å². The number of hydrogen-bond acceptors (Lipinski definition) is 5. The molecule has 0 saturated carbocycles. The number of Topliss-reactive ketones (excluding diaryl/α,β-unsaturated/α-hetero) is 1. The van der Waals surface area contributed by atoms with Crippen molar-refractivity contribution < 1.29 is 9.59 Å². The minimum atomic E-state index is -0.621. The first kappa shape index (κ1) is 18.0. The number of halogens is 1. The van der Waals surface area contributed by atoms with Crippen molar-refractivity contribution in [3.63, 3.8) is 0 Å². The van der Waals surface area contributed by atoms with Crippen molar-refractivity contribution in [2.75, 3.05) is 16.4 Å². The van der Waals surface area contributed by atoms with E-state index >= 15 is 0 Å². The summed E-state index contributed by atoms with van der Waals surface area (Å²) in [6.07, 6.45) is 1.26. The number of carbonyl (C=O) groups is 2. The zero-order valence-corrected chi connectivity index (χ0v) is 14.1. The molecule has 4 N–H and O–H groups in total. The maximum atomic E-state index is 12.2. The normalized spacial score (nSPS) is 10.7. The van der Waals surface area contributed by atoms with E-state index in [1.54, 1.807) is 36.4 Å². The molecule has 7 heteroatoms. The number of nitrogens with two attached hydrogens (primary N) is 1.